The molecule has 2 N–H and O–H groups in total. The molecule has 8 heteroatoms. The zero-order chi connectivity index (χ0) is 21.9. The molecule has 3 aromatic heterocycles. The number of ether oxygens (including phenoxy) is 1. The molecule has 0 unspecified atom stereocenters. The Labute approximate surface area is 183 Å². The van der Waals surface area contributed by atoms with Crippen molar-refractivity contribution in [1.82, 2.24) is 24.7 Å². The predicted molar refractivity (Wildman–Crippen MR) is 122 cm³/mol. The standard InChI is InChI=1S/C24H20N6O2/c1-32-18-10-8-16(9-11-18)15-30-21(23-26-19-6-2-3-7-20(19)27-23)13-22(29-30)28-24(31)17-5-4-12-25-14-17/h2-14H,15H2,1H3,(H,26,27)(H,28,29,31). The number of aromatic amines is 1. The summed E-state index contributed by atoms with van der Waals surface area (Å²) in [7, 11) is 1.64. The minimum Gasteiger partial charge on any atom is -0.497 e. The first-order chi connectivity index (χ1) is 15.7. The first-order valence-corrected chi connectivity index (χ1v) is 10.1. The molecule has 0 aliphatic rings. The number of benzene rings is 2. The van der Waals surface area contributed by atoms with Crippen LogP contribution in [0.1, 0.15) is 15.9 Å². The Morgan fingerprint density at radius 3 is 2.69 bits per heavy atom. The number of H-pyrrole nitrogens is 1. The summed E-state index contributed by atoms with van der Waals surface area (Å²) in [5, 5.41) is 7.49. The lowest BCUT2D eigenvalue weighted by atomic mass is 10.2. The van der Waals surface area contributed by atoms with Gasteiger partial charge in [0.1, 0.15) is 11.4 Å². The molecular weight excluding hydrogens is 404 g/mol. The molecule has 8 nitrogen and oxygen atoms in total. The summed E-state index contributed by atoms with van der Waals surface area (Å²) >= 11 is 0. The van der Waals surface area contributed by atoms with Gasteiger partial charge in [0, 0.05) is 18.5 Å². The van der Waals surface area contributed by atoms with Gasteiger partial charge in [-0.25, -0.2) is 4.98 Å². The fourth-order valence-corrected chi connectivity index (χ4v) is 3.45. The van der Waals surface area contributed by atoms with Gasteiger partial charge in [-0.1, -0.05) is 24.3 Å². The van der Waals surface area contributed by atoms with Crippen LogP contribution >= 0.6 is 0 Å². The lowest BCUT2D eigenvalue weighted by Gasteiger charge is -2.07. The van der Waals surface area contributed by atoms with Gasteiger partial charge < -0.3 is 15.0 Å². The highest BCUT2D eigenvalue weighted by molar-refractivity contribution is 6.03. The van der Waals surface area contributed by atoms with Crippen molar-refractivity contribution in [2.45, 2.75) is 6.54 Å². The van der Waals surface area contributed by atoms with Crippen molar-refractivity contribution in [1.29, 1.82) is 0 Å². The van der Waals surface area contributed by atoms with Crippen molar-refractivity contribution in [2.75, 3.05) is 12.4 Å². The van der Waals surface area contributed by atoms with E-state index in [1.165, 1.54) is 6.20 Å². The van der Waals surface area contributed by atoms with Crippen molar-refractivity contribution in [3.05, 3.63) is 90.3 Å². The molecule has 0 aliphatic carbocycles. The van der Waals surface area contributed by atoms with Gasteiger partial charge in [-0.15, -0.1) is 0 Å². The average Bonchev–Trinajstić information content (AvgIpc) is 3.44. The Balaban J connectivity index is 1.51. The number of hydrogen-bond donors (Lipinski definition) is 2. The summed E-state index contributed by atoms with van der Waals surface area (Å²) in [5.41, 5.74) is 4.05. The molecule has 0 radical (unpaired) electrons. The molecule has 0 aliphatic heterocycles. The van der Waals surface area contributed by atoms with Crippen molar-refractivity contribution in [3.63, 3.8) is 0 Å². The van der Waals surface area contributed by atoms with Crippen LogP contribution in [0.25, 0.3) is 22.6 Å². The molecule has 0 saturated carbocycles. The highest BCUT2D eigenvalue weighted by atomic mass is 16.5. The molecule has 32 heavy (non-hydrogen) atoms. The number of fused-ring (bicyclic) bond motifs is 1. The largest absolute Gasteiger partial charge is 0.497 e. The van der Waals surface area contributed by atoms with Gasteiger partial charge in [-0.05, 0) is 42.0 Å². The number of imidazole rings is 1. The topological polar surface area (TPSA) is 97.7 Å². The van der Waals surface area contributed by atoms with Gasteiger partial charge in [0.2, 0.25) is 0 Å². The summed E-state index contributed by atoms with van der Waals surface area (Å²) in [6.07, 6.45) is 3.14. The van der Waals surface area contributed by atoms with Crippen molar-refractivity contribution in [3.8, 4) is 17.3 Å². The molecule has 158 valence electrons. The number of methoxy groups -OCH3 is 1. The number of carbonyl (C=O) groups is 1. The average molecular weight is 424 g/mol. The van der Waals surface area contributed by atoms with Crippen LogP contribution in [0.5, 0.6) is 5.75 Å². The van der Waals surface area contributed by atoms with Gasteiger partial charge in [0.25, 0.3) is 5.91 Å². The van der Waals surface area contributed by atoms with Crippen LogP contribution in [0.2, 0.25) is 0 Å². The number of nitrogens with zero attached hydrogens (tertiary/aromatic N) is 4. The van der Waals surface area contributed by atoms with E-state index in [9.17, 15) is 4.79 Å². The van der Waals surface area contributed by atoms with E-state index in [1.807, 2.05) is 59.3 Å². The molecule has 0 saturated heterocycles. The van der Waals surface area contributed by atoms with E-state index in [4.69, 9.17) is 9.72 Å². The van der Waals surface area contributed by atoms with Gasteiger partial charge in [-0.3, -0.25) is 14.5 Å². The lowest BCUT2D eigenvalue weighted by molar-refractivity contribution is 0.102. The third-order valence-corrected chi connectivity index (χ3v) is 5.07. The summed E-state index contributed by atoms with van der Waals surface area (Å²) in [4.78, 5) is 24.6. The monoisotopic (exact) mass is 424 g/mol. The SMILES string of the molecule is COc1ccc(Cn2nc(NC(=O)c3cccnc3)cc2-c2nc3ccccc3[nH]2)cc1. The van der Waals surface area contributed by atoms with Crippen LogP contribution in [0.3, 0.4) is 0 Å². The summed E-state index contributed by atoms with van der Waals surface area (Å²) in [6.45, 7) is 0.499. The van der Waals surface area contributed by atoms with E-state index in [0.717, 1.165) is 28.0 Å². The Morgan fingerprint density at radius 2 is 1.94 bits per heavy atom. The molecule has 5 aromatic rings. The highest BCUT2D eigenvalue weighted by Gasteiger charge is 2.16. The number of para-hydroxylation sites is 2. The van der Waals surface area contributed by atoms with Crippen LogP contribution in [0.15, 0.2) is 79.1 Å². The number of nitrogens with one attached hydrogen (secondary N) is 2. The second-order valence-electron chi connectivity index (χ2n) is 7.22. The molecule has 3 heterocycles. The van der Waals surface area contributed by atoms with Crippen LogP contribution in [-0.4, -0.2) is 37.7 Å². The molecule has 0 bridgehead atoms. The van der Waals surface area contributed by atoms with E-state index in [2.05, 4.69) is 20.4 Å². The van der Waals surface area contributed by atoms with Crippen molar-refractivity contribution in [2.24, 2.45) is 0 Å². The number of hydrogen-bond acceptors (Lipinski definition) is 5. The van der Waals surface area contributed by atoms with E-state index in [-0.39, 0.29) is 5.91 Å². The molecule has 2 aromatic carbocycles. The van der Waals surface area contributed by atoms with E-state index in [1.54, 1.807) is 25.4 Å². The van der Waals surface area contributed by atoms with E-state index in [0.29, 0.717) is 23.8 Å². The van der Waals surface area contributed by atoms with Gasteiger partial charge in [-0.2, -0.15) is 5.10 Å². The Bertz CT molecular complexity index is 1340. The molecule has 0 fully saturated rings. The number of aromatic nitrogens is 5. The normalized spacial score (nSPS) is 10.9. The fraction of sp³-hybridized carbons (Fsp3) is 0.0833. The number of carbonyl (C=O) groups excluding carboxylic acids is 1. The van der Waals surface area contributed by atoms with Gasteiger partial charge >= 0.3 is 0 Å². The van der Waals surface area contributed by atoms with Crippen LogP contribution < -0.4 is 10.1 Å². The molecule has 0 atom stereocenters. The number of pyridine rings is 1. The first kappa shape index (κ1) is 19.5. The van der Waals surface area contributed by atoms with E-state index >= 15 is 0 Å². The third-order valence-electron chi connectivity index (χ3n) is 5.07. The maximum absolute atomic E-state index is 12.6. The van der Waals surface area contributed by atoms with Crippen LogP contribution in [0.4, 0.5) is 5.82 Å². The summed E-state index contributed by atoms with van der Waals surface area (Å²) in [6, 6.07) is 20.8. The fourth-order valence-electron chi connectivity index (χ4n) is 3.45. The maximum Gasteiger partial charge on any atom is 0.258 e. The Morgan fingerprint density at radius 1 is 1.09 bits per heavy atom. The summed E-state index contributed by atoms with van der Waals surface area (Å²) < 4.78 is 7.06. The smallest absolute Gasteiger partial charge is 0.258 e. The lowest BCUT2D eigenvalue weighted by Crippen LogP contribution is -2.13. The van der Waals surface area contributed by atoms with Crippen molar-refractivity contribution < 1.29 is 9.53 Å². The Hall–Kier alpha value is -4.46. The van der Waals surface area contributed by atoms with Gasteiger partial charge in [0.05, 0.1) is 30.3 Å². The van der Waals surface area contributed by atoms with Gasteiger partial charge in [0.15, 0.2) is 11.6 Å². The maximum atomic E-state index is 12.6. The second kappa shape index (κ2) is 8.35. The zero-order valence-electron chi connectivity index (χ0n) is 17.3. The third kappa shape index (κ3) is 3.93. The second-order valence-corrected chi connectivity index (χ2v) is 7.22. The molecular formula is C24H20N6O2. The Kier molecular flexibility index (Phi) is 5.09. The minimum atomic E-state index is -0.275. The quantitative estimate of drug-likeness (QED) is 0.427. The number of anilines is 1. The number of amides is 1. The van der Waals surface area contributed by atoms with Crippen molar-refractivity contribution >= 4 is 22.8 Å². The molecule has 0 spiro atoms. The minimum absolute atomic E-state index is 0.275. The zero-order valence-corrected chi connectivity index (χ0v) is 17.3. The van der Waals surface area contributed by atoms with Crippen LogP contribution in [-0.2, 0) is 6.54 Å². The molecule has 1 amide bonds. The van der Waals surface area contributed by atoms with Crippen LogP contribution in [0, 0.1) is 0 Å². The first-order valence-electron chi connectivity index (χ1n) is 10.1. The predicted octanol–water partition coefficient (Wildman–Crippen LogP) is 4.13. The number of rotatable bonds is 6. The highest BCUT2D eigenvalue weighted by Crippen LogP contribution is 2.25. The van der Waals surface area contributed by atoms with E-state index < -0.39 is 0 Å². The summed E-state index contributed by atoms with van der Waals surface area (Å²) in [5.74, 6) is 1.62. The molecule has 5 rings (SSSR count).